The van der Waals surface area contributed by atoms with Crippen molar-refractivity contribution in [1.82, 2.24) is 0 Å². The summed E-state index contributed by atoms with van der Waals surface area (Å²) in [6.45, 7) is 4.75. The van der Waals surface area contributed by atoms with Crippen LogP contribution in [0.25, 0.3) is 0 Å². The van der Waals surface area contributed by atoms with Gasteiger partial charge in [-0.2, -0.15) is 0 Å². The van der Waals surface area contributed by atoms with E-state index < -0.39 is 32.7 Å². The van der Waals surface area contributed by atoms with Gasteiger partial charge < -0.3 is 10.4 Å². The molecule has 0 aromatic heterocycles. The van der Waals surface area contributed by atoms with E-state index in [1.165, 1.54) is 0 Å². The molecule has 0 fully saturated rings. The van der Waals surface area contributed by atoms with Crippen molar-refractivity contribution in [2.24, 2.45) is 0 Å². The number of carboxylic acid groups (broad SMARTS) is 1. The molecular formula is C13H17NO5S. The minimum absolute atomic E-state index is 0.491. The summed E-state index contributed by atoms with van der Waals surface area (Å²) in [5.41, 5.74) is 2.36. The second kappa shape index (κ2) is 6.04. The molecule has 1 unspecified atom stereocenters. The van der Waals surface area contributed by atoms with Gasteiger partial charge in [0, 0.05) is 5.69 Å². The van der Waals surface area contributed by atoms with Crippen LogP contribution in [0, 0.1) is 13.8 Å². The molecule has 6 nitrogen and oxygen atoms in total. The second-order valence-corrected chi connectivity index (χ2v) is 7.03. The Morgan fingerprint density at radius 2 is 1.70 bits per heavy atom. The van der Waals surface area contributed by atoms with Crippen LogP contribution in [0.5, 0.6) is 0 Å². The van der Waals surface area contributed by atoms with Crippen LogP contribution >= 0.6 is 0 Å². The van der Waals surface area contributed by atoms with Crippen LogP contribution in [-0.4, -0.2) is 36.4 Å². The van der Waals surface area contributed by atoms with E-state index in [1.54, 1.807) is 12.1 Å². The van der Waals surface area contributed by atoms with Gasteiger partial charge in [0.25, 0.3) is 0 Å². The first-order valence-electron chi connectivity index (χ1n) is 5.94. The third kappa shape index (κ3) is 4.34. The van der Waals surface area contributed by atoms with E-state index in [-0.39, 0.29) is 0 Å². The highest BCUT2D eigenvalue weighted by Crippen LogP contribution is 2.14. The number of carboxylic acids is 1. The lowest BCUT2D eigenvalue weighted by molar-refractivity contribution is -0.136. The molecule has 20 heavy (non-hydrogen) atoms. The molecule has 1 aromatic rings. The number of carbonyl (C=O) groups excluding carboxylic acids is 1. The number of carbonyl (C=O) groups is 2. The summed E-state index contributed by atoms with van der Waals surface area (Å²) >= 11 is 0. The largest absolute Gasteiger partial charge is 0.480 e. The molecule has 1 rings (SSSR count). The maximum absolute atomic E-state index is 11.7. The Balaban J connectivity index is 2.80. The monoisotopic (exact) mass is 299 g/mol. The second-order valence-electron chi connectivity index (χ2n) is 4.71. The number of nitrogens with one attached hydrogen (secondary N) is 1. The highest BCUT2D eigenvalue weighted by Gasteiger charge is 2.29. The number of hydrogen-bond donors (Lipinski definition) is 2. The minimum Gasteiger partial charge on any atom is -0.480 e. The fraction of sp³-hybridized carbons (Fsp3) is 0.385. The molecule has 0 radical (unpaired) electrons. The molecule has 0 bridgehead atoms. The molecule has 0 aliphatic carbocycles. The zero-order chi connectivity index (χ0) is 15.5. The number of benzene rings is 1. The maximum Gasteiger partial charge on any atom is 0.321 e. The predicted octanol–water partition coefficient (Wildman–Crippen LogP) is 1.13. The van der Waals surface area contributed by atoms with E-state index in [4.69, 9.17) is 5.11 Å². The Bertz CT molecular complexity index is 616. The van der Waals surface area contributed by atoms with Crippen molar-refractivity contribution in [1.29, 1.82) is 0 Å². The van der Waals surface area contributed by atoms with E-state index in [0.717, 1.165) is 18.1 Å². The molecule has 2 N–H and O–H groups in total. The lowest BCUT2D eigenvalue weighted by Gasteiger charge is -2.10. The SMILES string of the molecule is Cc1cc(C)cc(NC(=O)CS(=O)(=O)C(C)C(=O)O)c1. The fourth-order valence-electron chi connectivity index (χ4n) is 1.71. The van der Waals surface area contributed by atoms with Crippen molar-refractivity contribution in [2.45, 2.75) is 26.0 Å². The average Bonchev–Trinajstić information content (AvgIpc) is 2.24. The standard InChI is InChI=1S/C13H17NO5S/c1-8-4-9(2)6-11(5-8)14-12(15)7-20(18,19)10(3)13(16)17/h4-6,10H,7H2,1-3H3,(H,14,15)(H,16,17). The van der Waals surface area contributed by atoms with E-state index in [1.807, 2.05) is 19.9 Å². The molecule has 0 aliphatic heterocycles. The molecule has 7 heteroatoms. The summed E-state index contributed by atoms with van der Waals surface area (Å²) in [6.07, 6.45) is 0. The van der Waals surface area contributed by atoms with E-state index in [2.05, 4.69) is 5.32 Å². The van der Waals surface area contributed by atoms with Crippen LogP contribution in [0.3, 0.4) is 0 Å². The third-order valence-electron chi connectivity index (χ3n) is 2.72. The van der Waals surface area contributed by atoms with E-state index >= 15 is 0 Å². The van der Waals surface area contributed by atoms with Crippen molar-refractivity contribution in [3.63, 3.8) is 0 Å². The molecule has 1 amide bonds. The van der Waals surface area contributed by atoms with Crippen LogP contribution in [0.2, 0.25) is 0 Å². The number of aryl methyl sites for hydroxylation is 2. The zero-order valence-electron chi connectivity index (χ0n) is 11.5. The van der Waals surface area contributed by atoms with Crippen molar-refractivity contribution in [2.75, 3.05) is 11.1 Å². The first-order valence-corrected chi connectivity index (χ1v) is 7.66. The lowest BCUT2D eigenvalue weighted by Crippen LogP contribution is -2.34. The van der Waals surface area contributed by atoms with Gasteiger partial charge >= 0.3 is 5.97 Å². The Morgan fingerprint density at radius 1 is 1.20 bits per heavy atom. The molecule has 1 atom stereocenters. The Labute approximate surface area is 117 Å². The number of anilines is 1. The van der Waals surface area contributed by atoms with Crippen LogP contribution in [0.4, 0.5) is 5.69 Å². The van der Waals surface area contributed by atoms with Gasteiger partial charge in [-0.15, -0.1) is 0 Å². The molecule has 0 aliphatic rings. The van der Waals surface area contributed by atoms with Crippen LogP contribution < -0.4 is 5.32 Å². The molecule has 0 saturated heterocycles. The maximum atomic E-state index is 11.7. The minimum atomic E-state index is -4.01. The first-order chi connectivity index (χ1) is 9.11. The molecular weight excluding hydrogens is 282 g/mol. The highest BCUT2D eigenvalue weighted by atomic mass is 32.2. The summed E-state index contributed by atoms with van der Waals surface area (Å²) in [6, 6.07) is 5.33. The third-order valence-corrected chi connectivity index (χ3v) is 4.67. The predicted molar refractivity (Wildman–Crippen MR) is 75.4 cm³/mol. The Morgan fingerprint density at radius 3 is 2.15 bits per heavy atom. The Hall–Kier alpha value is -1.89. The van der Waals surface area contributed by atoms with Gasteiger partial charge in [-0.3, -0.25) is 9.59 Å². The van der Waals surface area contributed by atoms with Gasteiger partial charge in [-0.1, -0.05) is 6.07 Å². The van der Waals surface area contributed by atoms with Gasteiger partial charge in [0.1, 0.15) is 5.75 Å². The fourth-order valence-corrected chi connectivity index (χ4v) is 2.70. The zero-order valence-corrected chi connectivity index (χ0v) is 12.3. The van der Waals surface area contributed by atoms with Gasteiger partial charge in [0.15, 0.2) is 15.1 Å². The summed E-state index contributed by atoms with van der Waals surface area (Å²) in [5.74, 6) is -3.07. The van der Waals surface area contributed by atoms with Gasteiger partial charge in [0.05, 0.1) is 0 Å². The summed E-state index contributed by atoms with van der Waals surface area (Å²) in [4.78, 5) is 22.4. The van der Waals surface area contributed by atoms with Gasteiger partial charge in [-0.05, 0) is 44.0 Å². The van der Waals surface area contributed by atoms with Crippen LogP contribution in [0.15, 0.2) is 18.2 Å². The first kappa shape index (κ1) is 16.2. The van der Waals surface area contributed by atoms with Crippen molar-refractivity contribution in [3.05, 3.63) is 29.3 Å². The van der Waals surface area contributed by atoms with E-state index in [0.29, 0.717) is 5.69 Å². The summed E-state index contributed by atoms with van der Waals surface area (Å²) in [5, 5.41) is 9.54. The topological polar surface area (TPSA) is 101 Å². The normalized spacial score (nSPS) is 12.8. The number of amides is 1. The van der Waals surface area contributed by atoms with Crippen molar-refractivity contribution >= 4 is 27.4 Å². The lowest BCUT2D eigenvalue weighted by atomic mass is 10.1. The quantitative estimate of drug-likeness (QED) is 0.849. The van der Waals surface area contributed by atoms with Crippen LogP contribution in [-0.2, 0) is 19.4 Å². The number of hydrogen-bond acceptors (Lipinski definition) is 4. The summed E-state index contributed by atoms with van der Waals surface area (Å²) in [7, 11) is -4.01. The molecule has 110 valence electrons. The molecule has 0 heterocycles. The average molecular weight is 299 g/mol. The number of rotatable bonds is 5. The van der Waals surface area contributed by atoms with Crippen LogP contribution in [0.1, 0.15) is 18.1 Å². The van der Waals surface area contributed by atoms with E-state index in [9.17, 15) is 18.0 Å². The van der Waals surface area contributed by atoms with Crippen molar-refractivity contribution < 1.29 is 23.1 Å². The highest BCUT2D eigenvalue weighted by molar-refractivity contribution is 7.93. The molecule has 0 saturated carbocycles. The molecule has 1 aromatic carbocycles. The van der Waals surface area contributed by atoms with Gasteiger partial charge in [0.2, 0.25) is 5.91 Å². The number of aliphatic carboxylic acids is 1. The molecule has 0 spiro atoms. The Kier molecular flexibility index (Phi) is 4.88. The van der Waals surface area contributed by atoms with Gasteiger partial charge in [-0.25, -0.2) is 8.42 Å². The summed E-state index contributed by atoms with van der Waals surface area (Å²) < 4.78 is 23.3. The van der Waals surface area contributed by atoms with Crippen molar-refractivity contribution in [3.8, 4) is 0 Å². The number of sulfone groups is 1. The smallest absolute Gasteiger partial charge is 0.321 e.